The van der Waals surface area contributed by atoms with Crippen LogP contribution in [0.3, 0.4) is 0 Å². The van der Waals surface area contributed by atoms with Gasteiger partial charge >= 0.3 is 5.97 Å². The zero-order chi connectivity index (χ0) is 15.1. The number of fused-ring (bicyclic) bond motifs is 1. The summed E-state index contributed by atoms with van der Waals surface area (Å²) in [5, 5.41) is 20.0. The molecule has 0 aliphatic carbocycles. The minimum Gasteiger partial charge on any atom is -0.491 e. The Hall–Kier alpha value is -1.24. The van der Waals surface area contributed by atoms with Gasteiger partial charge in [0.15, 0.2) is 0 Å². The van der Waals surface area contributed by atoms with Gasteiger partial charge in [0.2, 0.25) is 0 Å². The van der Waals surface area contributed by atoms with Crippen LogP contribution >= 0.6 is 11.8 Å². The third kappa shape index (κ3) is 2.52. The number of hydrogen-bond acceptors (Lipinski definition) is 5. The molecule has 0 amide bonds. The number of aryl methyl sites for hydroxylation is 2. The quantitative estimate of drug-likeness (QED) is 0.864. The summed E-state index contributed by atoms with van der Waals surface area (Å²) < 4.78 is 5.80. The Morgan fingerprint density at radius 3 is 2.90 bits per heavy atom. The van der Waals surface area contributed by atoms with Crippen molar-refractivity contribution >= 4 is 17.7 Å². The van der Waals surface area contributed by atoms with Crippen molar-refractivity contribution in [1.82, 2.24) is 4.90 Å². The van der Waals surface area contributed by atoms with Gasteiger partial charge in [0.1, 0.15) is 24.5 Å². The molecule has 3 unspecified atom stereocenters. The van der Waals surface area contributed by atoms with Crippen molar-refractivity contribution in [1.29, 1.82) is 0 Å². The molecule has 1 aromatic rings. The van der Waals surface area contributed by atoms with E-state index in [0.717, 1.165) is 22.4 Å². The topological polar surface area (TPSA) is 70.0 Å². The Morgan fingerprint density at radius 1 is 1.43 bits per heavy atom. The molecule has 5 nitrogen and oxygen atoms in total. The maximum Gasteiger partial charge on any atom is 0.321 e. The smallest absolute Gasteiger partial charge is 0.321 e. The lowest BCUT2D eigenvalue weighted by molar-refractivity contribution is -0.144. The highest BCUT2D eigenvalue weighted by Crippen LogP contribution is 2.39. The fourth-order valence-corrected chi connectivity index (χ4v) is 4.41. The lowest BCUT2D eigenvalue weighted by atomic mass is 9.92. The number of ether oxygens (including phenoxy) is 1. The van der Waals surface area contributed by atoms with Gasteiger partial charge in [-0.25, -0.2) is 0 Å². The number of aliphatic hydroxyl groups excluding tert-OH is 1. The van der Waals surface area contributed by atoms with Crippen molar-refractivity contribution in [3.05, 3.63) is 28.8 Å². The predicted octanol–water partition coefficient (Wildman–Crippen LogP) is 1.56. The summed E-state index contributed by atoms with van der Waals surface area (Å²) >= 11 is 1.58. The van der Waals surface area contributed by atoms with E-state index in [-0.39, 0.29) is 6.04 Å². The average molecular weight is 309 g/mol. The first kappa shape index (κ1) is 14.7. The van der Waals surface area contributed by atoms with Crippen LogP contribution in [0.2, 0.25) is 0 Å². The zero-order valence-corrected chi connectivity index (χ0v) is 12.9. The summed E-state index contributed by atoms with van der Waals surface area (Å²) in [7, 11) is 0. The molecule has 3 atom stereocenters. The van der Waals surface area contributed by atoms with Crippen LogP contribution in [0.25, 0.3) is 0 Å². The predicted molar refractivity (Wildman–Crippen MR) is 80.7 cm³/mol. The molecule has 0 spiro atoms. The van der Waals surface area contributed by atoms with E-state index in [2.05, 4.69) is 0 Å². The molecule has 2 heterocycles. The van der Waals surface area contributed by atoms with Crippen molar-refractivity contribution < 1.29 is 19.7 Å². The van der Waals surface area contributed by atoms with Crippen LogP contribution < -0.4 is 4.74 Å². The van der Waals surface area contributed by atoms with Crippen LogP contribution in [0.5, 0.6) is 5.75 Å². The molecule has 1 saturated heterocycles. The summed E-state index contributed by atoms with van der Waals surface area (Å²) in [6.07, 6.45) is -0.713. The van der Waals surface area contributed by atoms with E-state index < -0.39 is 18.1 Å². The van der Waals surface area contributed by atoms with Crippen LogP contribution in [0.4, 0.5) is 0 Å². The summed E-state index contributed by atoms with van der Waals surface area (Å²) in [6, 6.07) is 3.08. The van der Waals surface area contributed by atoms with Gasteiger partial charge in [-0.1, -0.05) is 6.07 Å². The minimum atomic E-state index is -0.835. The van der Waals surface area contributed by atoms with E-state index in [1.165, 1.54) is 0 Å². The van der Waals surface area contributed by atoms with Gasteiger partial charge in [0.05, 0.1) is 6.04 Å². The summed E-state index contributed by atoms with van der Waals surface area (Å²) in [5.41, 5.74) is 2.87. The summed E-state index contributed by atoms with van der Waals surface area (Å²) in [6.45, 7) is 4.27. The van der Waals surface area contributed by atoms with Crippen LogP contribution in [0.15, 0.2) is 12.1 Å². The molecule has 2 aliphatic heterocycles. The van der Waals surface area contributed by atoms with Gasteiger partial charge in [-0.15, -0.1) is 11.8 Å². The molecule has 0 aromatic heterocycles. The summed E-state index contributed by atoms with van der Waals surface area (Å²) in [5.74, 6) is 1.05. The van der Waals surface area contributed by atoms with Crippen molar-refractivity contribution in [3.8, 4) is 5.75 Å². The monoisotopic (exact) mass is 309 g/mol. The number of aliphatic carboxylic acids is 1. The first-order valence-electron chi connectivity index (χ1n) is 6.97. The van der Waals surface area contributed by atoms with Crippen LogP contribution in [0, 0.1) is 13.8 Å². The molecule has 6 heteroatoms. The molecular weight excluding hydrogens is 290 g/mol. The third-order valence-electron chi connectivity index (χ3n) is 4.19. The van der Waals surface area contributed by atoms with Gasteiger partial charge in [0, 0.05) is 17.2 Å². The van der Waals surface area contributed by atoms with Crippen LogP contribution in [-0.2, 0) is 4.79 Å². The lowest BCUT2D eigenvalue weighted by Crippen LogP contribution is -2.51. The van der Waals surface area contributed by atoms with Gasteiger partial charge in [-0.3, -0.25) is 9.69 Å². The Kier molecular flexibility index (Phi) is 3.86. The second-order valence-electron chi connectivity index (χ2n) is 5.68. The van der Waals surface area contributed by atoms with Gasteiger partial charge in [0.25, 0.3) is 0 Å². The van der Waals surface area contributed by atoms with Crippen LogP contribution in [0.1, 0.15) is 22.8 Å². The maximum atomic E-state index is 11.3. The Morgan fingerprint density at radius 2 is 2.19 bits per heavy atom. The molecule has 3 rings (SSSR count). The second-order valence-corrected chi connectivity index (χ2v) is 6.68. The number of carboxylic acids is 1. The molecule has 0 bridgehead atoms. The number of nitrogens with zero attached hydrogens (tertiary/aromatic N) is 1. The molecule has 114 valence electrons. The standard InChI is InChI=1S/C15H19NO4S/c1-8-3-9(2)13-12(4-8)20-5-10(14(13)17)16-7-21-6-11(16)15(18)19/h3-4,10-11,14,17H,5-7H2,1-2H3,(H,18,19). The van der Waals surface area contributed by atoms with E-state index in [1.807, 2.05) is 30.9 Å². The maximum absolute atomic E-state index is 11.3. The normalized spacial score (nSPS) is 29.0. The molecule has 21 heavy (non-hydrogen) atoms. The number of benzene rings is 1. The van der Waals surface area contributed by atoms with Crippen molar-refractivity contribution in [2.45, 2.75) is 32.0 Å². The SMILES string of the molecule is Cc1cc(C)c2c(c1)OCC(N1CSCC1C(=O)O)C2O. The molecule has 1 aromatic carbocycles. The number of carboxylic acid groups (broad SMARTS) is 1. The third-order valence-corrected chi connectivity index (χ3v) is 5.22. The Bertz CT molecular complexity index is 577. The van der Waals surface area contributed by atoms with Crippen LogP contribution in [-0.4, -0.2) is 51.4 Å². The minimum absolute atomic E-state index is 0.310. The van der Waals surface area contributed by atoms with Crippen molar-refractivity contribution in [3.63, 3.8) is 0 Å². The molecular formula is C15H19NO4S. The van der Waals surface area contributed by atoms with Gasteiger partial charge < -0.3 is 14.9 Å². The largest absolute Gasteiger partial charge is 0.491 e. The molecule has 0 radical (unpaired) electrons. The van der Waals surface area contributed by atoms with E-state index in [1.54, 1.807) is 11.8 Å². The Labute approximate surface area is 127 Å². The first-order valence-corrected chi connectivity index (χ1v) is 8.13. The zero-order valence-electron chi connectivity index (χ0n) is 12.1. The second kappa shape index (κ2) is 5.51. The number of rotatable bonds is 2. The van der Waals surface area contributed by atoms with Crippen molar-refractivity contribution in [2.75, 3.05) is 18.2 Å². The number of thioether (sulfide) groups is 1. The fourth-order valence-electron chi connectivity index (χ4n) is 3.17. The Balaban J connectivity index is 1.92. The van der Waals surface area contributed by atoms with Gasteiger partial charge in [-0.05, 0) is 31.0 Å². The highest BCUT2D eigenvalue weighted by atomic mass is 32.2. The highest BCUT2D eigenvalue weighted by Gasteiger charge is 2.42. The number of hydrogen-bond donors (Lipinski definition) is 2. The number of carbonyl (C=O) groups is 1. The summed E-state index contributed by atoms with van der Waals surface area (Å²) in [4.78, 5) is 13.2. The lowest BCUT2D eigenvalue weighted by Gasteiger charge is -2.38. The highest BCUT2D eigenvalue weighted by molar-refractivity contribution is 7.99. The van der Waals surface area contributed by atoms with Gasteiger partial charge in [-0.2, -0.15) is 0 Å². The number of aliphatic hydroxyl groups is 1. The van der Waals surface area contributed by atoms with E-state index in [0.29, 0.717) is 18.2 Å². The average Bonchev–Trinajstić information content (AvgIpc) is 2.87. The molecule has 1 fully saturated rings. The molecule has 2 N–H and O–H groups in total. The van der Waals surface area contributed by atoms with E-state index in [4.69, 9.17) is 4.74 Å². The van der Waals surface area contributed by atoms with Crippen molar-refractivity contribution in [2.24, 2.45) is 0 Å². The molecule has 2 aliphatic rings. The first-order chi connectivity index (χ1) is 9.99. The van der Waals surface area contributed by atoms with E-state index >= 15 is 0 Å². The fraction of sp³-hybridized carbons (Fsp3) is 0.533. The molecule has 0 saturated carbocycles. The van der Waals surface area contributed by atoms with E-state index in [9.17, 15) is 15.0 Å².